The highest BCUT2D eigenvalue weighted by Gasteiger charge is 2.29. The van der Waals surface area contributed by atoms with Gasteiger partial charge in [0.05, 0.1) is 31.2 Å². The van der Waals surface area contributed by atoms with Gasteiger partial charge in [0.25, 0.3) is 0 Å². The molecule has 0 aromatic heterocycles. The van der Waals surface area contributed by atoms with E-state index >= 15 is 0 Å². The van der Waals surface area contributed by atoms with Gasteiger partial charge in [-0.05, 0) is 56.3 Å². The third-order valence-electron chi connectivity index (χ3n) is 4.06. The lowest BCUT2D eigenvalue weighted by Gasteiger charge is -2.28. The molecule has 8 nitrogen and oxygen atoms in total. The molecule has 0 bridgehead atoms. The summed E-state index contributed by atoms with van der Waals surface area (Å²) >= 11 is 0. The molecule has 2 aromatic carbocycles. The molecule has 1 amide bonds. The van der Waals surface area contributed by atoms with Crippen LogP contribution in [0.3, 0.4) is 0 Å². The highest BCUT2D eigenvalue weighted by molar-refractivity contribution is 7.92. The number of amides is 1. The van der Waals surface area contributed by atoms with Crippen LogP contribution in [0.1, 0.15) is 24.2 Å². The summed E-state index contributed by atoms with van der Waals surface area (Å²) in [6.45, 7) is 3.41. The molecule has 1 atom stereocenters. The number of ether oxygens (including phenoxy) is 2. The molecule has 1 unspecified atom stereocenters. The van der Waals surface area contributed by atoms with Crippen LogP contribution >= 0.6 is 0 Å². The van der Waals surface area contributed by atoms with Crippen LogP contribution in [0.4, 0.5) is 11.4 Å². The average molecular weight is 420 g/mol. The number of nitrogens with zero attached hydrogens (tertiary/aromatic N) is 1. The first kappa shape index (κ1) is 22.2. The van der Waals surface area contributed by atoms with E-state index in [9.17, 15) is 18.0 Å². The van der Waals surface area contributed by atoms with Gasteiger partial charge in [0.15, 0.2) is 0 Å². The molecule has 156 valence electrons. The molecule has 0 saturated heterocycles. The SMILES string of the molecule is CCOC(=O)c1cccc(NC(=O)C(C)N(c2ccc(OC)cc2)S(C)(=O)=O)c1. The number of nitrogens with one attached hydrogen (secondary N) is 1. The number of benzene rings is 2. The number of carbonyl (C=O) groups is 2. The van der Waals surface area contributed by atoms with Gasteiger partial charge in [-0.2, -0.15) is 0 Å². The van der Waals surface area contributed by atoms with Crippen molar-refractivity contribution in [1.82, 2.24) is 0 Å². The Labute approximate surface area is 170 Å². The fourth-order valence-electron chi connectivity index (χ4n) is 2.72. The minimum absolute atomic E-state index is 0.234. The smallest absolute Gasteiger partial charge is 0.338 e. The monoisotopic (exact) mass is 420 g/mol. The topological polar surface area (TPSA) is 102 Å². The van der Waals surface area contributed by atoms with Crippen LogP contribution in [-0.2, 0) is 19.6 Å². The molecule has 0 aliphatic carbocycles. The van der Waals surface area contributed by atoms with Gasteiger partial charge >= 0.3 is 5.97 Å². The summed E-state index contributed by atoms with van der Waals surface area (Å²) in [5.41, 5.74) is 0.972. The van der Waals surface area contributed by atoms with Crippen molar-refractivity contribution in [3.05, 3.63) is 54.1 Å². The van der Waals surface area contributed by atoms with Crippen LogP contribution in [0.2, 0.25) is 0 Å². The Morgan fingerprint density at radius 3 is 2.34 bits per heavy atom. The van der Waals surface area contributed by atoms with Crippen LogP contribution in [0.15, 0.2) is 48.5 Å². The lowest BCUT2D eigenvalue weighted by Crippen LogP contribution is -2.45. The summed E-state index contributed by atoms with van der Waals surface area (Å²) in [4.78, 5) is 24.6. The fraction of sp³-hybridized carbons (Fsp3) is 0.300. The predicted octanol–water partition coefficient (Wildman–Crippen LogP) is 2.67. The van der Waals surface area contributed by atoms with Crippen LogP contribution in [0, 0.1) is 0 Å². The Kier molecular flexibility index (Phi) is 7.22. The summed E-state index contributed by atoms with van der Waals surface area (Å²) in [5.74, 6) is -0.491. The van der Waals surface area contributed by atoms with Gasteiger partial charge in [0.1, 0.15) is 11.8 Å². The first-order valence-electron chi connectivity index (χ1n) is 8.89. The predicted molar refractivity (Wildman–Crippen MR) is 111 cm³/mol. The van der Waals surface area contributed by atoms with Crippen molar-refractivity contribution in [2.45, 2.75) is 19.9 Å². The second-order valence-corrected chi connectivity index (χ2v) is 8.08. The van der Waals surface area contributed by atoms with Crippen molar-refractivity contribution < 1.29 is 27.5 Å². The van der Waals surface area contributed by atoms with Crippen LogP contribution in [0.25, 0.3) is 0 Å². The number of rotatable bonds is 8. The van der Waals surface area contributed by atoms with E-state index in [1.807, 2.05) is 0 Å². The zero-order valence-electron chi connectivity index (χ0n) is 16.7. The number of methoxy groups -OCH3 is 1. The summed E-state index contributed by atoms with van der Waals surface area (Å²) in [5, 5.41) is 2.65. The van der Waals surface area contributed by atoms with Crippen LogP contribution in [-0.4, -0.2) is 46.3 Å². The molecule has 9 heteroatoms. The summed E-state index contributed by atoms with van der Waals surface area (Å²) in [7, 11) is -2.24. The van der Waals surface area contributed by atoms with Crippen molar-refractivity contribution in [3.63, 3.8) is 0 Å². The quantitative estimate of drug-likeness (QED) is 0.659. The Morgan fingerprint density at radius 2 is 1.79 bits per heavy atom. The molecule has 0 aliphatic rings. The third kappa shape index (κ3) is 5.71. The minimum Gasteiger partial charge on any atom is -0.497 e. The minimum atomic E-state index is -3.75. The number of carbonyl (C=O) groups excluding carboxylic acids is 2. The highest BCUT2D eigenvalue weighted by atomic mass is 32.2. The summed E-state index contributed by atoms with van der Waals surface area (Å²) < 4.78 is 35.8. The molecule has 0 spiro atoms. The highest BCUT2D eigenvalue weighted by Crippen LogP contribution is 2.24. The van der Waals surface area contributed by atoms with E-state index in [1.165, 1.54) is 20.1 Å². The van der Waals surface area contributed by atoms with Crippen molar-refractivity contribution in [3.8, 4) is 5.75 Å². The molecule has 0 aliphatic heterocycles. The van der Waals surface area contributed by atoms with Gasteiger partial charge in [0, 0.05) is 5.69 Å². The fourth-order valence-corrected chi connectivity index (χ4v) is 3.90. The molecular weight excluding hydrogens is 396 g/mol. The second-order valence-electron chi connectivity index (χ2n) is 6.22. The van der Waals surface area contributed by atoms with Crippen LogP contribution in [0.5, 0.6) is 5.75 Å². The third-order valence-corrected chi connectivity index (χ3v) is 5.30. The number of hydrogen-bond acceptors (Lipinski definition) is 6. The summed E-state index contributed by atoms with van der Waals surface area (Å²) in [6.07, 6.45) is 1.03. The number of hydrogen-bond donors (Lipinski definition) is 1. The maximum absolute atomic E-state index is 12.7. The Hall–Kier alpha value is -3.07. The van der Waals surface area contributed by atoms with E-state index in [0.29, 0.717) is 17.1 Å². The van der Waals surface area contributed by atoms with Gasteiger partial charge in [-0.15, -0.1) is 0 Å². The molecular formula is C20H24N2O6S. The first-order chi connectivity index (χ1) is 13.7. The molecule has 0 fully saturated rings. The summed E-state index contributed by atoms with van der Waals surface area (Å²) in [6, 6.07) is 11.6. The molecule has 0 radical (unpaired) electrons. The molecule has 29 heavy (non-hydrogen) atoms. The van der Waals surface area contributed by atoms with Crippen molar-refractivity contribution in [1.29, 1.82) is 0 Å². The molecule has 0 heterocycles. The van der Waals surface area contributed by atoms with Crippen molar-refractivity contribution in [2.75, 3.05) is 29.6 Å². The van der Waals surface area contributed by atoms with Gasteiger partial charge in [0.2, 0.25) is 15.9 Å². The second kappa shape index (κ2) is 9.42. The van der Waals surface area contributed by atoms with E-state index in [-0.39, 0.29) is 12.2 Å². The van der Waals surface area contributed by atoms with E-state index < -0.39 is 27.9 Å². The van der Waals surface area contributed by atoms with Gasteiger partial charge in [-0.1, -0.05) is 6.07 Å². The van der Waals surface area contributed by atoms with E-state index in [4.69, 9.17) is 9.47 Å². The van der Waals surface area contributed by atoms with Gasteiger partial charge in [-0.25, -0.2) is 13.2 Å². The molecule has 2 aromatic rings. The lowest BCUT2D eigenvalue weighted by atomic mass is 10.2. The molecule has 1 N–H and O–H groups in total. The largest absolute Gasteiger partial charge is 0.497 e. The maximum atomic E-state index is 12.7. The standard InChI is InChI=1S/C20H24N2O6S/c1-5-28-20(24)15-7-6-8-16(13-15)21-19(23)14(2)22(29(4,25)26)17-9-11-18(27-3)12-10-17/h6-14H,5H2,1-4H3,(H,21,23). The maximum Gasteiger partial charge on any atom is 0.338 e. The molecule has 0 saturated carbocycles. The number of sulfonamides is 1. The van der Waals surface area contributed by atoms with E-state index in [2.05, 4.69) is 5.32 Å². The normalized spacial score (nSPS) is 12.0. The number of anilines is 2. The zero-order valence-corrected chi connectivity index (χ0v) is 17.5. The Morgan fingerprint density at radius 1 is 1.14 bits per heavy atom. The zero-order chi connectivity index (χ0) is 21.6. The Balaban J connectivity index is 2.25. The van der Waals surface area contributed by atoms with E-state index in [0.717, 1.165) is 10.6 Å². The van der Waals surface area contributed by atoms with Gasteiger partial charge in [-0.3, -0.25) is 9.10 Å². The Bertz CT molecular complexity index is 973. The van der Waals surface area contributed by atoms with Crippen LogP contribution < -0.4 is 14.4 Å². The number of esters is 1. The lowest BCUT2D eigenvalue weighted by molar-refractivity contribution is -0.116. The van der Waals surface area contributed by atoms with Crippen molar-refractivity contribution >= 4 is 33.3 Å². The van der Waals surface area contributed by atoms with Crippen molar-refractivity contribution in [2.24, 2.45) is 0 Å². The first-order valence-corrected chi connectivity index (χ1v) is 10.7. The molecule has 2 rings (SSSR count). The van der Waals surface area contributed by atoms with E-state index in [1.54, 1.807) is 49.4 Å². The average Bonchev–Trinajstić information content (AvgIpc) is 2.68. The van der Waals surface area contributed by atoms with Gasteiger partial charge < -0.3 is 14.8 Å².